The first-order chi connectivity index (χ1) is 14.4. The average Bonchev–Trinajstić information content (AvgIpc) is 3.10. The van der Waals surface area contributed by atoms with Crippen LogP contribution in [-0.2, 0) is 11.3 Å². The number of hydrogen-bond acceptors (Lipinski definition) is 4. The summed E-state index contributed by atoms with van der Waals surface area (Å²) in [6.07, 6.45) is 9.75. The molecule has 7 heteroatoms. The predicted octanol–water partition coefficient (Wildman–Crippen LogP) is 3.06. The van der Waals surface area contributed by atoms with E-state index in [2.05, 4.69) is 16.2 Å². The number of rotatable bonds is 4. The minimum atomic E-state index is -0.943. The highest BCUT2D eigenvalue weighted by atomic mass is 19.2. The lowest BCUT2D eigenvalue weighted by Gasteiger charge is -2.28. The predicted molar refractivity (Wildman–Crippen MR) is 111 cm³/mol. The molecule has 3 rings (SSSR count). The molecule has 1 aromatic carbocycles. The fourth-order valence-corrected chi connectivity index (χ4v) is 3.90. The topological polar surface area (TPSA) is 64.9 Å². The van der Waals surface area contributed by atoms with Crippen LogP contribution in [0, 0.1) is 24.0 Å². The highest BCUT2D eigenvalue weighted by molar-refractivity contribution is 6.29. The molecule has 2 atom stereocenters. The van der Waals surface area contributed by atoms with Crippen molar-refractivity contribution in [1.29, 1.82) is 0 Å². The Morgan fingerprint density at radius 1 is 1.37 bits per heavy atom. The van der Waals surface area contributed by atoms with Crippen molar-refractivity contribution in [2.24, 2.45) is 4.99 Å². The van der Waals surface area contributed by atoms with Gasteiger partial charge in [0.05, 0.1) is 35.7 Å². The molecule has 1 aliphatic carbocycles. The fraction of sp³-hybridized carbons (Fsp3) is 0.391. The van der Waals surface area contributed by atoms with Crippen LogP contribution in [0.1, 0.15) is 38.2 Å². The van der Waals surface area contributed by atoms with Gasteiger partial charge < -0.3 is 15.3 Å². The molecule has 0 unspecified atom stereocenters. The Hall–Kier alpha value is -2.98. The number of aliphatic imine (C=N–C) groups is 1. The zero-order chi connectivity index (χ0) is 21.8. The van der Waals surface area contributed by atoms with E-state index in [-0.39, 0.29) is 29.6 Å². The summed E-state index contributed by atoms with van der Waals surface area (Å²) in [5.74, 6) is 0.278. The number of aliphatic hydroxyl groups is 1. The van der Waals surface area contributed by atoms with Gasteiger partial charge in [-0.25, -0.2) is 8.78 Å². The van der Waals surface area contributed by atoms with Crippen LogP contribution in [0.4, 0.5) is 8.78 Å². The lowest BCUT2D eigenvalue weighted by Crippen LogP contribution is -2.46. The molecule has 158 valence electrons. The molecule has 1 saturated carbocycles. The number of halogens is 2. The van der Waals surface area contributed by atoms with E-state index in [0.717, 1.165) is 18.9 Å². The SMILES string of the molecule is C#C/C(C)=C1\C(=N/C)C(C(=O)N[C@H]2CCCC[C@@H]2O)=CN1Cc1cccc(F)c1F. The molecule has 1 aromatic rings. The second kappa shape index (κ2) is 9.23. The number of hydrogen-bond donors (Lipinski definition) is 2. The molecule has 0 bridgehead atoms. The quantitative estimate of drug-likeness (QED) is 0.746. The van der Waals surface area contributed by atoms with Gasteiger partial charge in [0.15, 0.2) is 11.6 Å². The van der Waals surface area contributed by atoms with Gasteiger partial charge in [-0.3, -0.25) is 9.79 Å². The Morgan fingerprint density at radius 3 is 2.77 bits per heavy atom. The zero-order valence-corrected chi connectivity index (χ0v) is 17.1. The van der Waals surface area contributed by atoms with Gasteiger partial charge in [-0.15, -0.1) is 6.42 Å². The van der Waals surface area contributed by atoms with Crippen molar-refractivity contribution in [3.05, 3.63) is 58.4 Å². The van der Waals surface area contributed by atoms with Crippen LogP contribution >= 0.6 is 0 Å². The molecule has 2 N–H and O–H groups in total. The molecule has 5 nitrogen and oxygen atoms in total. The lowest BCUT2D eigenvalue weighted by atomic mass is 9.92. The van der Waals surface area contributed by atoms with Crippen LogP contribution in [0.3, 0.4) is 0 Å². The number of allylic oxidation sites excluding steroid dienone is 2. The van der Waals surface area contributed by atoms with Gasteiger partial charge in [0.25, 0.3) is 5.91 Å². The monoisotopic (exact) mass is 413 g/mol. The van der Waals surface area contributed by atoms with Crippen LogP contribution in [0.15, 0.2) is 46.2 Å². The number of carbonyl (C=O) groups is 1. The van der Waals surface area contributed by atoms with Gasteiger partial charge >= 0.3 is 0 Å². The summed E-state index contributed by atoms with van der Waals surface area (Å²) in [7, 11) is 1.54. The van der Waals surface area contributed by atoms with Crippen molar-refractivity contribution in [1.82, 2.24) is 10.2 Å². The molecule has 0 aromatic heterocycles. The van der Waals surface area contributed by atoms with E-state index in [1.807, 2.05) is 0 Å². The summed E-state index contributed by atoms with van der Waals surface area (Å²) in [5, 5.41) is 13.1. The standard InChI is InChI=1S/C23H25F2N3O2/c1-4-14(2)22-21(26-3)16(23(30)27-18-10-5-6-11-19(18)29)13-28(22)12-15-8-7-9-17(24)20(15)25/h1,7-9,13,18-19,29H,5-6,10-12H2,2-3H3,(H,27,30)/b22-14+,26-21-/t18-,19-/m0/s1. The van der Waals surface area contributed by atoms with E-state index in [1.54, 1.807) is 25.1 Å². The molecular formula is C23H25F2N3O2. The second-order valence-corrected chi connectivity index (χ2v) is 7.51. The Bertz CT molecular complexity index is 975. The average molecular weight is 413 g/mol. The summed E-state index contributed by atoms with van der Waals surface area (Å²) in [6.45, 7) is 1.69. The largest absolute Gasteiger partial charge is 0.391 e. The van der Waals surface area contributed by atoms with Crippen molar-refractivity contribution in [2.45, 2.75) is 51.3 Å². The highest BCUT2D eigenvalue weighted by Crippen LogP contribution is 2.29. The van der Waals surface area contributed by atoms with Gasteiger partial charge in [-0.1, -0.05) is 30.9 Å². The third kappa shape index (κ3) is 4.29. The minimum Gasteiger partial charge on any atom is -0.391 e. The first kappa shape index (κ1) is 21.7. The molecule has 0 saturated heterocycles. The normalized spacial score (nSPS) is 24.5. The second-order valence-electron chi connectivity index (χ2n) is 7.51. The van der Waals surface area contributed by atoms with Gasteiger partial charge in [0.2, 0.25) is 0 Å². The molecule has 1 heterocycles. The van der Waals surface area contributed by atoms with E-state index in [1.165, 1.54) is 12.1 Å². The van der Waals surface area contributed by atoms with Gasteiger partial charge in [-0.2, -0.15) is 0 Å². The van der Waals surface area contributed by atoms with E-state index in [4.69, 9.17) is 6.42 Å². The molecule has 2 aliphatic rings. The van der Waals surface area contributed by atoms with Gasteiger partial charge in [0, 0.05) is 24.4 Å². The van der Waals surface area contributed by atoms with E-state index in [9.17, 15) is 18.7 Å². The Labute approximate surface area is 175 Å². The van der Waals surface area contributed by atoms with Crippen LogP contribution in [-0.4, -0.2) is 40.8 Å². The van der Waals surface area contributed by atoms with E-state index >= 15 is 0 Å². The van der Waals surface area contributed by atoms with Crippen LogP contribution in [0.25, 0.3) is 0 Å². The fourth-order valence-electron chi connectivity index (χ4n) is 3.90. The van der Waals surface area contributed by atoms with Crippen molar-refractivity contribution >= 4 is 11.6 Å². The summed E-state index contributed by atoms with van der Waals surface area (Å²) in [5.41, 5.74) is 1.80. The Balaban J connectivity index is 1.94. The van der Waals surface area contributed by atoms with Gasteiger partial charge in [-0.05, 0) is 25.8 Å². The maximum absolute atomic E-state index is 14.2. The summed E-state index contributed by atoms with van der Waals surface area (Å²) >= 11 is 0. The molecule has 1 fully saturated rings. The van der Waals surface area contributed by atoms with E-state index in [0.29, 0.717) is 29.8 Å². The number of carbonyl (C=O) groups excluding carboxylic acids is 1. The summed E-state index contributed by atoms with van der Waals surface area (Å²) < 4.78 is 27.9. The number of benzene rings is 1. The maximum atomic E-state index is 14.2. The van der Waals surface area contributed by atoms with Crippen LogP contribution in [0.5, 0.6) is 0 Å². The maximum Gasteiger partial charge on any atom is 0.255 e. The summed E-state index contributed by atoms with van der Waals surface area (Å²) in [6, 6.07) is 3.63. The Morgan fingerprint density at radius 2 is 2.10 bits per heavy atom. The lowest BCUT2D eigenvalue weighted by molar-refractivity contribution is -0.118. The van der Waals surface area contributed by atoms with Gasteiger partial charge in [0.1, 0.15) is 0 Å². The number of aliphatic hydroxyl groups excluding tert-OH is 1. The summed E-state index contributed by atoms with van der Waals surface area (Å²) in [4.78, 5) is 18.9. The highest BCUT2D eigenvalue weighted by Gasteiger charge is 2.34. The van der Waals surface area contributed by atoms with Crippen molar-refractivity contribution < 1.29 is 18.7 Å². The van der Waals surface area contributed by atoms with Crippen molar-refractivity contribution in [3.63, 3.8) is 0 Å². The van der Waals surface area contributed by atoms with Crippen molar-refractivity contribution in [2.75, 3.05) is 7.05 Å². The number of nitrogens with one attached hydrogen (secondary N) is 1. The number of terminal acetylenes is 1. The van der Waals surface area contributed by atoms with Crippen LogP contribution < -0.4 is 5.32 Å². The molecule has 1 aliphatic heterocycles. The zero-order valence-electron chi connectivity index (χ0n) is 17.1. The number of nitrogens with zero attached hydrogens (tertiary/aromatic N) is 2. The molecule has 30 heavy (non-hydrogen) atoms. The first-order valence-electron chi connectivity index (χ1n) is 9.92. The third-order valence-corrected chi connectivity index (χ3v) is 5.51. The Kier molecular flexibility index (Phi) is 6.68. The first-order valence-corrected chi connectivity index (χ1v) is 9.92. The molecule has 1 amide bonds. The van der Waals surface area contributed by atoms with E-state index < -0.39 is 17.7 Å². The van der Waals surface area contributed by atoms with Crippen molar-refractivity contribution in [3.8, 4) is 12.3 Å². The minimum absolute atomic E-state index is 0.0141. The molecule has 0 radical (unpaired) electrons. The third-order valence-electron chi connectivity index (χ3n) is 5.51. The van der Waals surface area contributed by atoms with Crippen LogP contribution in [0.2, 0.25) is 0 Å². The smallest absolute Gasteiger partial charge is 0.255 e. The molecular weight excluding hydrogens is 388 g/mol. The molecule has 0 spiro atoms. The number of amides is 1.